The van der Waals surface area contributed by atoms with Crippen LogP contribution in [0.5, 0.6) is 11.5 Å². The van der Waals surface area contributed by atoms with Gasteiger partial charge in [0.25, 0.3) is 0 Å². The maximum atomic E-state index is 12.9. The first-order chi connectivity index (χ1) is 13.4. The fourth-order valence-corrected chi connectivity index (χ4v) is 2.86. The number of alkyl halides is 3. The molecule has 0 amide bonds. The highest BCUT2D eigenvalue weighted by Crippen LogP contribution is 2.33. The third-order valence-corrected chi connectivity index (χ3v) is 4.29. The number of benzene rings is 2. The number of hydrogen-bond acceptors (Lipinski definition) is 4. The molecule has 0 radical (unpaired) electrons. The van der Waals surface area contributed by atoms with E-state index in [-0.39, 0.29) is 0 Å². The SMILES string of the molecule is COc1cc(OC)cc(-c2cc(-c3nc4ccc(C(F)(F)F)cc4[nH]3)[nH]n2)c1. The van der Waals surface area contributed by atoms with E-state index < -0.39 is 11.7 Å². The van der Waals surface area contributed by atoms with Crippen LogP contribution in [0.1, 0.15) is 5.56 Å². The first kappa shape index (κ1) is 17.9. The van der Waals surface area contributed by atoms with Gasteiger partial charge in [-0.3, -0.25) is 5.10 Å². The number of nitrogens with one attached hydrogen (secondary N) is 2. The van der Waals surface area contributed by atoms with Crippen molar-refractivity contribution in [2.24, 2.45) is 0 Å². The van der Waals surface area contributed by atoms with Crippen LogP contribution >= 0.6 is 0 Å². The molecule has 0 atom stereocenters. The molecule has 2 heterocycles. The Bertz CT molecular complexity index is 1130. The molecular formula is C19H15F3N4O2. The predicted molar refractivity (Wildman–Crippen MR) is 97.2 cm³/mol. The molecule has 0 aliphatic heterocycles. The lowest BCUT2D eigenvalue weighted by Crippen LogP contribution is -2.04. The Morgan fingerprint density at radius 2 is 1.64 bits per heavy atom. The van der Waals surface area contributed by atoms with Crippen LogP contribution in [0.2, 0.25) is 0 Å². The topological polar surface area (TPSA) is 75.8 Å². The van der Waals surface area contributed by atoms with Crippen molar-refractivity contribution in [3.63, 3.8) is 0 Å². The third kappa shape index (κ3) is 3.26. The molecule has 9 heteroatoms. The van der Waals surface area contributed by atoms with Crippen molar-refractivity contribution in [3.05, 3.63) is 48.0 Å². The summed E-state index contributed by atoms with van der Waals surface area (Å²) in [6.07, 6.45) is -4.41. The first-order valence-electron chi connectivity index (χ1n) is 8.23. The second kappa shape index (κ2) is 6.59. The van der Waals surface area contributed by atoms with Crippen LogP contribution in [0.25, 0.3) is 33.8 Å². The highest BCUT2D eigenvalue weighted by molar-refractivity contribution is 5.80. The molecule has 0 saturated carbocycles. The molecule has 28 heavy (non-hydrogen) atoms. The quantitative estimate of drug-likeness (QED) is 0.533. The lowest BCUT2D eigenvalue weighted by molar-refractivity contribution is -0.137. The number of fused-ring (bicyclic) bond motifs is 1. The predicted octanol–water partition coefficient (Wildman–Crippen LogP) is 4.66. The molecule has 0 unspecified atom stereocenters. The molecule has 0 saturated heterocycles. The van der Waals surface area contributed by atoms with Gasteiger partial charge in [0.05, 0.1) is 36.5 Å². The van der Waals surface area contributed by atoms with E-state index in [1.165, 1.54) is 6.07 Å². The Kier molecular flexibility index (Phi) is 4.21. The van der Waals surface area contributed by atoms with E-state index in [2.05, 4.69) is 20.2 Å². The molecule has 2 aromatic heterocycles. The molecule has 2 aromatic carbocycles. The molecule has 2 N–H and O–H groups in total. The number of imidazole rings is 1. The largest absolute Gasteiger partial charge is 0.497 e. The summed E-state index contributed by atoms with van der Waals surface area (Å²) in [5.74, 6) is 1.62. The standard InChI is InChI=1S/C19H15F3N4O2/c1-27-12-5-10(6-13(8-12)28-2)15-9-17(26-25-15)18-23-14-4-3-11(19(20,21)22)7-16(14)24-18/h3-9H,1-2H3,(H,23,24)(H,25,26). The van der Waals surface area contributed by atoms with E-state index in [1.54, 1.807) is 38.5 Å². The van der Waals surface area contributed by atoms with E-state index in [1.807, 2.05) is 0 Å². The van der Waals surface area contributed by atoms with Crippen LogP contribution in [0.4, 0.5) is 13.2 Å². The molecule has 0 fully saturated rings. The van der Waals surface area contributed by atoms with Crippen molar-refractivity contribution in [2.75, 3.05) is 14.2 Å². The van der Waals surface area contributed by atoms with Crippen molar-refractivity contribution in [2.45, 2.75) is 6.18 Å². The summed E-state index contributed by atoms with van der Waals surface area (Å²) >= 11 is 0. The van der Waals surface area contributed by atoms with Crippen molar-refractivity contribution in [1.29, 1.82) is 0 Å². The third-order valence-electron chi connectivity index (χ3n) is 4.29. The normalized spacial score (nSPS) is 11.8. The molecule has 0 spiro atoms. The highest BCUT2D eigenvalue weighted by atomic mass is 19.4. The van der Waals surface area contributed by atoms with Crippen molar-refractivity contribution < 1.29 is 22.6 Å². The lowest BCUT2D eigenvalue weighted by atomic mass is 10.1. The molecule has 0 aliphatic rings. The molecular weight excluding hydrogens is 373 g/mol. The van der Waals surface area contributed by atoms with Crippen molar-refractivity contribution in [1.82, 2.24) is 20.2 Å². The fraction of sp³-hybridized carbons (Fsp3) is 0.158. The molecule has 0 aliphatic carbocycles. The number of halogens is 3. The van der Waals surface area contributed by atoms with Gasteiger partial charge in [-0.1, -0.05) is 0 Å². The van der Waals surface area contributed by atoms with Gasteiger partial charge >= 0.3 is 6.18 Å². The van der Waals surface area contributed by atoms with Gasteiger partial charge in [-0.15, -0.1) is 0 Å². The molecule has 6 nitrogen and oxygen atoms in total. The van der Waals surface area contributed by atoms with Crippen LogP contribution in [0, 0.1) is 0 Å². The van der Waals surface area contributed by atoms with E-state index in [9.17, 15) is 13.2 Å². The van der Waals surface area contributed by atoms with E-state index in [4.69, 9.17) is 9.47 Å². The van der Waals surface area contributed by atoms with E-state index >= 15 is 0 Å². The second-order valence-corrected chi connectivity index (χ2v) is 6.08. The molecule has 0 bridgehead atoms. The van der Waals surface area contributed by atoms with Gasteiger partial charge in [-0.05, 0) is 36.4 Å². The van der Waals surface area contributed by atoms with E-state index in [0.29, 0.717) is 39.7 Å². The Labute approximate surface area is 157 Å². The second-order valence-electron chi connectivity index (χ2n) is 6.08. The molecule has 144 valence electrons. The Morgan fingerprint density at radius 1 is 0.929 bits per heavy atom. The average Bonchev–Trinajstić information content (AvgIpc) is 3.33. The van der Waals surface area contributed by atoms with Gasteiger partial charge in [0.15, 0.2) is 5.82 Å². The number of aromatic amines is 2. The minimum atomic E-state index is -4.41. The van der Waals surface area contributed by atoms with Crippen LogP contribution in [-0.4, -0.2) is 34.4 Å². The van der Waals surface area contributed by atoms with Gasteiger partial charge in [0.1, 0.15) is 17.2 Å². The Morgan fingerprint density at radius 3 is 2.29 bits per heavy atom. The Balaban J connectivity index is 1.71. The lowest BCUT2D eigenvalue weighted by Gasteiger charge is -2.06. The summed E-state index contributed by atoms with van der Waals surface area (Å²) in [6.45, 7) is 0. The first-order valence-corrected chi connectivity index (χ1v) is 8.23. The van der Waals surface area contributed by atoms with Crippen LogP contribution in [0.15, 0.2) is 42.5 Å². The highest BCUT2D eigenvalue weighted by Gasteiger charge is 2.30. The summed E-state index contributed by atoms with van der Waals surface area (Å²) in [5.41, 5.74) is 1.91. The number of rotatable bonds is 4. The van der Waals surface area contributed by atoms with Crippen molar-refractivity contribution >= 4 is 11.0 Å². The summed E-state index contributed by atoms with van der Waals surface area (Å²) < 4.78 is 49.2. The fourth-order valence-electron chi connectivity index (χ4n) is 2.86. The van der Waals surface area contributed by atoms with Crippen molar-refractivity contribution in [3.8, 4) is 34.3 Å². The minimum Gasteiger partial charge on any atom is -0.497 e. The zero-order valence-electron chi connectivity index (χ0n) is 14.9. The number of H-pyrrole nitrogens is 2. The summed E-state index contributed by atoms with van der Waals surface area (Å²) in [6, 6.07) is 10.5. The number of ether oxygens (including phenoxy) is 2. The van der Waals surface area contributed by atoms with Crippen LogP contribution in [-0.2, 0) is 6.18 Å². The molecule has 4 aromatic rings. The number of hydrogen-bond donors (Lipinski definition) is 2. The van der Waals surface area contributed by atoms with Crippen LogP contribution < -0.4 is 9.47 Å². The number of nitrogens with zero attached hydrogens (tertiary/aromatic N) is 2. The zero-order valence-corrected chi connectivity index (χ0v) is 14.9. The van der Waals surface area contributed by atoms with Gasteiger partial charge in [-0.25, -0.2) is 4.98 Å². The average molecular weight is 388 g/mol. The monoisotopic (exact) mass is 388 g/mol. The summed E-state index contributed by atoms with van der Waals surface area (Å²) in [5, 5.41) is 7.12. The molecule has 4 rings (SSSR count). The number of methoxy groups -OCH3 is 2. The van der Waals surface area contributed by atoms with Gasteiger partial charge in [0, 0.05) is 11.6 Å². The zero-order chi connectivity index (χ0) is 19.9. The summed E-state index contributed by atoms with van der Waals surface area (Å²) in [4.78, 5) is 7.24. The maximum absolute atomic E-state index is 12.9. The maximum Gasteiger partial charge on any atom is 0.416 e. The van der Waals surface area contributed by atoms with Gasteiger partial charge < -0.3 is 14.5 Å². The van der Waals surface area contributed by atoms with Gasteiger partial charge in [-0.2, -0.15) is 18.3 Å². The summed E-state index contributed by atoms with van der Waals surface area (Å²) in [7, 11) is 3.11. The van der Waals surface area contributed by atoms with E-state index in [0.717, 1.165) is 17.7 Å². The van der Waals surface area contributed by atoms with Crippen LogP contribution in [0.3, 0.4) is 0 Å². The Hall–Kier alpha value is -3.49. The smallest absolute Gasteiger partial charge is 0.416 e. The minimum absolute atomic E-state index is 0.295. The van der Waals surface area contributed by atoms with Gasteiger partial charge in [0.2, 0.25) is 0 Å². The number of aromatic nitrogens is 4.